The average molecular weight is 276 g/mol. The van der Waals surface area contributed by atoms with Crippen LogP contribution < -0.4 is 0 Å². The van der Waals surface area contributed by atoms with E-state index in [0.717, 1.165) is 6.54 Å². The molecule has 3 nitrogen and oxygen atoms in total. The van der Waals surface area contributed by atoms with Crippen LogP contribution in [0.2, 0.25) is 0 Å². The van der Waals surface area contributed by atoms with Crippen molar-refractivity contribution in [2.75, 3.05) is 20.3 Å². The molecule has 1 unspecified atom stereocenters. The van der Waals surface area contributed by atoms with E-state index < -0.39 is 0 Å². The number of nitrogens with zero attached hydrogens (tertiary/aromatic N) is 2. The van der Waals surface area contributed by atoms with Crippen molar-refractivity contribution in [3.8, 4) is 0 Å². The molecule has 0 radical (unpaired) electrons. The lowest BCUT2D eigenvalue weighted by atomic mass is 10.6. The zero-order valence-corrected chi connectivity index (χ0v) is 9.60. The third-order valence-electron chi connectivity index (χ3n) is 1.49. The van der Waals surface area contributed by atoms with E-state index in [9.17, 15) is 0 Å². The van der Waals surface area contributed by atoms with Crippen LogP contribution in [0.4, 0.5) is 0 Å². The zero-order valence-electron chi connectivity index (χ0n) is 6.51. The van der Waals surface area contributed by atoms with Gasteiger partial charge in [-0.2, -0.15) is 0 Å². The molecule has 1 heterocycles. The standard InChI is InChI=1S/C6H9BrCl2N2O/c1-12-3-2-10-4-5(8)11(9)6(10)7/h4,6H,2-3H2,1H3. The molecule has 0 aliphatic carbocycles. The second-order valence-corrected chi connectivity index (χ2v) is 3.87. The number of ether oxygens (including phenoxy) is 1. The summed E-state index contributed by atoms with van der Waals surface area (Å²) >= 11 is 14.9. The predicted molar refractivity (Wildman–Crippen MR) is 52.9 cm³/mol. The highest BCUT2D eigenvalue weighted by Gasteiger charge is 2.27. The molecule has 0 aromatic heterocycles. The molecule has 70 valence electrons. The fraction of sp³-hybridized carbons (Fsp3) is 0.667. The molecule has 0 aromatic rings. The van der Waals surface area contributed by atoms with Crippen molar-refractivity contribution in [2.45, 2.75) is 5.08 Å². The molecule has 1 aliphatic heterocycles. The van der Waals surface area contributed by atoms with Crippen molar-refractivity contribution >= 4 is 39.3 Å². The summed E-state index contributed by atoms with van der Waals surface area (Å²) < 4.78 is 6.34. The number of hydrogen-bond donors (Lipinski definition) is 0. The van der Waals surface area contributed by atoms with Gasteiger partial charge in [-0.25, -0.2) is 4.42 Å². The van der Waals surface area contributed by atoms with Crippen LogP contribution in [0.15, 0.2) is 11.4 Å². The molecule has 1 aliphatic rings. The first-order chi connectivity index (χ1) is 5.66. The van der Waals surface area contributed by atoms with Gasteiger partial charge in [-0.05, 0) is 15.9 Å². The van der Waals surface area contributed by atoms with Crippen LogP contribution in [0.5, 0.6) is 0 Å². The van der Waals surface area contributed by atoms with Gasteiger partial charge >= 0.3 is 0 Å². The molecule has 1 rings (SSSR count). The Hall–Kier alpha value is 0.360. The Morgan fingerprint density at radius 1 is 1.75 bits per heavy atom. The van der Waals surface area contributed by atoms with Gasteiger partial charge in [0.2, 0.25) is 0 Å². The fourth-order valence-corrected chi connectivity index (χ4v) is 1.89. The van der Waals surface area contributed by atoms with Crippen LogP contribution in [0.1, 0.15) is 0 Å². The lowest BCUT2D eigenvalue weighted by molar-refractivity contribution is 0.161. The van der Waals surface area contributed by atoms with E-state index in [2.05, 4.69) is 15.9 Å². The lowest BCUT2D eigenvalue weighted by Gasteiger charge is -2.22. The highest BCUT2D eigenvalue weighted by molar-refractivity contribution is 9.09. The zero-order chi connectivity index (χ0) is 9.14. The van der Waals surface area contributed by atoms with Gasteiger partial charge < -0.3 is 9.64 Å². The Kier molecular flexibility index (Phi) is 3.96. The van der Waals surface area contributed by atoms with Crippen LogP contribution in [0, 0.1) is 0 Å². The Morgan fingerprint density at radius 3 is 2.83 bits per heavy atom. The number of hydrogen-bond acceptors (Lipinski definition) is 3. The van der Waals surface area contributed by atoms with Gasteiger partial charge in [0.15, 0.2) is 5.08 Å². The number of methoxy groups -OCH3 is 1. The number of alkyl halides is 1. The van der Waals surface area contributed by atoms with Gasteiger partial charge in [-0.1, -0.05) is 11.6 Å². The van der Waals surface area contributed by atoms with Gasteiger partial charge in [0.1, 0.15) is 5.16 Å². The molecule has 12 heavy (non-hydrogen) atoms. The van der Waals surface area contributed by atoms with E-state index >= 15 is 0 Å². The molecule has 1 atom stereocenters. The minimum atomic E-state index is -0.0817. The summed E-state index contributed by atoms with van der Waals surface area (Å²) in [4.78, 5) is 1.94. The first-order valence-electron chi connectivity index (χ1n) is 3.38. The minimum absolute atomic E-state index is 0.0817. The molecule has 0 fully saturated rings. The van der Waals surface area contributed by atoms with E-state index in [1.165, 1.54) is 4.42 Å². The molecule has 0 saturated heterocycles. The molecule has 0 saturated carbocycles. The highest BCUT2D eigenvalue weighted by atomic mass is 79.9. The van der Waals surface area contributed by atoms with Gasteiger partial charge in [0.05, 0.1) is 6.61 Å². The third-order valence-corrected chi connectivity index (χ3v) is 3.40. The maximum atomic E-state index is 5.79. The van der Waals surface area contributed by atoms with E-state index in [0.29, 0.717) is 11.8 Å². The summed E-state index contributed by atoms with van der Waals surface area (Å²) in [5.74, 6) is 0. The van der Waals surface area contributed by atoms with E-state index in [1.807, 2.05) is 4.90 Å². The molecule has 0 aromatic carbocycles. The summed E-state index contributed by atoms with van der Waals surface area (Å²) in [6, 6.07) is 0. The molecule has 0 bridgehead atoms. The molecule has 0 spiro atoms. The van der Waals surface area contributed by atoms with Crippen molar-refractivity contribution in [2.24, 2.45) is 0 Å². The Morgan fingerprint density at radius 2 is 2.42 bits per heavy atom. The number of halogens is 3. The van der Waals surface area contributed by atoms with Gasteiger partial charge in [-0.15, -0.1) is 0 Å². The molecular formula is C6H9BrCl2N2O. The smallest absolute Gasteiger partial charge is 0.174 e. The first kappa shape index (κ1) is 10.4. The summed E-state index contributed by atoms with van der Waals surface area (Å²) in [6.07, 6.45) is 1.77. The summed E-state index contributed by atoms with van der Waals surface area (Å²) in [5.41, 5.74) is 0. The van der Waals surface area contributed by atoms with E-state index in [-0.39, 0.29) is 5.08 Å². The second kappa shape index (κ2) is 4.56. The van der Waals surface area contributed by atoms with Crippen molar-refractivity contribution in [1.82, 2.24) is 9.32 Å². The summed E-state index contributed by atoms with van der Waals surface area (Å²) in [7, 11) is 1.66. The van der Waals surface area contributed by atoms with Crippen LogP contribution in [-0.4, -0.2) is 34.7 Å². The number of rotatable bonds is 3. The van der Waals surface area contributed by atoms with E-state index in [1.54, 1.807) is 13.3 Å². The average Bonchev–Trinajstić information content (AvgIpc) is 2.30. The third kappa shape index (κ3) is 2.19. The summed E-state index contributed by atoms with van der Waals surface area (Å²) in [5, 5.41) is 0.427. The van der Waals surface area contributed by atoms with Crippen molar-refractivity contribution in [3.63, 3.8) is 0 Å². The van der Waals surface area contributed by atoms with Gasteiger partial charge in [0, 0.05) is 31.6 Å². The fourth-order valence-electron chi connectivity index (χ4n) is 0.853. The monoisotopic (exact) mass is 274 g/mol. The van der Waals surface area contributed by atoms with Crippen molar-refractivity contribution in [3.05, 3.63) is 11.4 Å². The SMILES string of the molecule is COCCN1C=C(Cl)N(Cl)C1Br. The van der Waals surface area contributed by atoms with Crippen LogP contribution >= 0.6 is 39.3 Å². The minimum Gasteiger partial charge on any atom is -0.383 e. The molecule has 0 N–H and O–H groups in total. The molecule has 6 heteroatoms. The quantitative estimate of drug-likeness (QED) is 0.446. The Balaban J connectivity index is 2.46. The van der Waals surface area contributed by atoms with Gasteiger partial charge in [-0.3, -0.25) is 0 Å². The maximum Gasteiger partial charge on any atom is 0.174 e. The predicted octanol–water partition coefficient (Wildman–Crippen LogP) is 2.12. The molecule has 0 amide bonds. The van der Waals surface area contributed by atoms with Crippen molar-refractivity contribution in [1.29, 1.82) is 0 Å². The Labute approximate surface area is 90.1 Å². The maximum absolute atomic E-state index is 5.79. The Bertz CT molecular complexity index is 190. The van der Waals surface area contributed by atoms with Crippen LogP contribution in [-0.2, 0) is 4.74 Å². The second-order valence-electron chi connectivity index (χ2n) is 2.30. The molecular weight excluding hydrogens is 267 g/mol. The normalized spacial score (nSPS) is 23.3. The van der Waals surface area contributed by atoms with Crippen molar-refractivity contribution < 1.29 is 4.74 Å². The summed E-state index contributed by atoms with van der Waals surface area (Å²) in [6.45, 7) is 1.40. The van der Waals surface area contributed by atoms with E-state index in [4.69, 9.17) is 28.1 Å². The first-order valence-corrected chi connectivity index (χ1v) is 5.01. The topological polar surface area (TPSA) is 15.7 Å². The van der Waals surface area contributed by atoms with Gasteiger partial charge in [0.25, 0.3) is 0 Å². The lowest BCUT2D eigenvalue weighted by Crippen LogP contribution is -2.31. The highest BCUT2D eigenvalue weighted by Crippen LogP contribution is 2.30. The largest absolute Gasteiger partial charge is 0.383 e. The van der Waals surface area contributed by atoms with Crippen LogP contribution in [0.3, 0.4) is 0 Å². The van der Waals surface area contributed by atoms with Crippen LogP contribution in [0.25, 0.3) is 0 Å².